The SMILES string of the molecule is CC1CCC(CNC2CCSCC2)O1. The van der Waals surface area contributed by atoms with E-state index in [9.17, 15) is 0 Å². The van der Waals surface area contributed by atoms with Crippen molar-refractivity contribution < 1.29 is 4.74 Å². The molecule has 2 aliphatic rings. The maximum Gasteiger partial charge on any atom is 0.0704 e. The van der Waals surface area contributed by atoms with Gasteiger partial charge in [-0.05, 0) is 44.1 Å². The number of rotatable bonds is 3. The minimum Gasteiger partial charge on any atom is -0.374 e. The van der Waals surface area contributed by atoms with E-state index < -0.39 is 0 Å². The molecule has 1 N–H and O–H groups in total. The van der Waals surface area contributed by atoms with Crippen LogP contribution >= 0.6 is 11.8 Å². The van der Waals surface area contributed by atoms with Gasteiger partial charge >= 0.3 is 0 Å². The molecule has 2 rings (SSSR count). The fraction of sp³-hybridized carbons (Fsp3) is 1.00. The number of thioether (sulfide) groups is 1. The van der Waals surface area contributed by atoms with Gasteiger partial charge in [-0.2, -0.15) is 11.8 Å². The largest absolute Gasteiger partial charge is 0.374 e. The summed E-state index contributed by atoms with van der Waals surface area (Å²) < 4.78 is 5.78. The maximum absolute atomic E-state index is 5.78. The van der Waals surface area contributed by atoms with Gasteiger partial charge in [-0.15, -0.1) is 0 Å². The lowest BCUT2D eigenvalue weighted by molar-refractivity contribution is 0.0541. The van der Waals surface area contributed by atoms with Gasteiger partial charge in [-0.3, -0.25) is 0 Å². The number of ether oxygens (including phenoxy) is 1. The summed E-state index contributed by atoms with van der Waals surface area (Å²) in [5, 5.41) is 3.65. The summed E-state index contributed by atoms with van der Waals surface area (Å²) in [7, 11) is 0. The molecule has 0 spiro atoms. The summed E-state index contributed by atoms with van der Waals surface area (Å²) in [4.78, 5) is 0. The lowest BCUT2D eigenvalue weighted by atomic mass is 10.1. The van der Waals surface area contributed by atoms with Gasteiger partial charge in [-0.1, -0.05) is 0 Å². The van der Waals surface area contributed by atoms with Crippen LogP contribution in [0, 0.1) is 0 Å². The Morgan fingerprint density at radius 1 is 1.21 bits per heavy atom. The van der Waals surface area contributed by atoms with Crippen LogP contribution in [-0.4, -0.2) is 36.3 Å². The Hall–Kier alpha value is 0.270. The van der Waals surface area contributed by atoms with Crippen molar-refractivity contribution in [3.8, 4) is 0 Å². The second kappa shape index (κ2) is 5.38. The lowest BCUT2D eigenvalue weighted by Crippen LogP contribution is -2.37. The number of hydrogen-bond acceptors (Lipinski definition) is 3. The van der Waals surface area contributed by atoms with E-state index >= 15 is 0 Å². The number of hydrogen-bond donors (Lipinski definition) is 1. The van der Waals surface area contributed by atoms with E-state index in [4.69, 9.17) is 4.74 Å². The van der Waals surface area contributed by atoms with Gasteiger partial charge in [0, 0.05) is 12.6 Å². The summed E-state index contributed by atoms with van der Waals surface area (Å²) in [5.41, 5.74) is 0. The Bertz CT molecular complexity index is 166. The van der Waals surface area contributed by atoms with E-state index in [1.165, 1.54) is 37.2 Å². The topological polar surface area (TPSA) is 21.3 Å². The second-order valence-electron chi connectivity index (χ2n) is 4.44. The summed E-state index contributed by atoms with van der Waals surface area (Å²) in [6, 6.07) is 0.760. The van der Waals surface area contributed by atoms with Crippen molar-refractivity contribution in [3.05, 3.63) is 0 Å². The molecule has 14 heavy (non-hydrogen) atoms. The van der Waals surface area contributed by atoms with Crippen molar-refractivity contribution in [3.63, 3.8) is 0 Å². The van der Waals surface area contributed by atoms with Crippen LogP contribution in [0.4, 0.5) is 0 Å². The Kier molecular flexibility index (Phi) is 4.14. The fourth-order valence-electron chi connectivity index (χ4n) is 2.24. The highest BCUT2D eigenvalue weighted by Gasteiger charge is 2.22. The van der Waals surface area contributed by atoms with Gasteiger partial charge in [0.05, 0.1) is 12.2 Å². The molecule has 0 bridgehead atoms. The summed E-state index contributed by atoms with van der Waals surface area (Å²) in [5.74, 6) is 2.67. The fourth-order valence-corrected chi connectivity index (χ4v) is 3.34. The van der Waals surface area contributed by atoms with Crippen molar-refractivity contribution in [2.24, 2.45) is 0 Å². The first kappa shape index (κ1) is 10.8. The van der Waals surface area contributed by atoms with E-state index in [0.717, 1.165) is 12.6 Å². The molecule has 2 atom stereocenters. The van der Waals surface area contributed by atoms with Crippen LogP contribution in [0.15, 0.2) is 0 Å². The molecule has 0 aromatic heterocycles. The van der Waals surface area contributed by atoms with Crippen LogP contribution in [-0.2, 0) is 4.74 Å². The van der Waals surface area contributed by atoms with Gasteiger partial charge in [-0.25, -0.2) is 0 Å². The zero-order valence-electron chi connectivity index (χ0n) is 9.00. The average Bonchev–Trinajstić information content (AvgIpc) is 2.63. The highest BCUT2D eigenvalue weighted by atomic mass is 32.2. The molecule has 0 aromatic rings. The number of nitrogens with one attached hydrogen (secondary N) is 1. The molecule has 2 saturated heterocycles. The van der Waals surface area contributed by atoms with Crippen LogP contribution in [0.2, 0.25) is 0 Å². The monoisotopic (exact) mass is 215 g/mol. The predicted octanol–water partition coefficient (Wildman–Crippen LogP) is 2.04. The van der Waals surface area contributed by atoms with Crippen molar-refractivity contribution >= 4 is 11.8 Å². The van der Waals surface area contributed by atoms with Crippen LogP contribution in [0.3, 0.4) is 0 Å². The molecule has 0 aromatic carbocycles. The third-order valence-electron chi connectivity index (χ3n) is 3.18. The van der Waals surface area contributed by atoms with Crippen molar-refractivity contribution in [2.75, 3.05) is 18.1 Å². The smallest absolute Gasteiger partial charge is 0.0704 e. The second-order valence-corrected chi connectivity index (χ2v) is 5.67. The lowest BCUT2D eigenvalue weighted by Gasteiger charge is -2.24. The molecule has 2 heterocycles. The van der Waals surface area contributed by atoms with Crippen LogP contribution in [0.1, 0.15) is 32.6 Å². The van der Waals surface area contributed by atoms with Gasteiger partial charge in [0.25, 0.3) is 0 Å². The van der Waals surface area contributed by atoms with Gasteiger partial charge < -0.3 is 10.1 Å². The minimum absolute atomic E-state index is 0.486. The van der Waals surface area contributed by atoms with E-state index in [1.807, 2.05) is 0 Å². The molecule has 0 saturated carbocycles. The first-order valence-electron chi connectivity index (χ1n) is 5.81. The van der Waals surface area contributed by atoms with Crippen molar-refractivity contribution in [2.45, 2.75) is 50.9 Å². The van der Waals surface area contributed by atoms with E-state index in [-0.39, 0.29) is 0 Å². The van der Waals surface area contributed by atoms with Gasteiger partial charge in [0.15, 0.2) is 0 Å². The molecular weight excluding hydrogens is 194 g/mol. The van der Waals surface area contributed by atoms with Crippen molar-refractivity contribution in [1.82, 2.24) is 5.32 Å². The third-order valence-corrected chi connectivity index (χ3v) is 4.22. The van der Waals surface area contributed by atoms with E-state index in [2.05, 4.69) is 24.0 Å². The molecule has 0 aliphatic carbocycles. The molecule has 0 amide bonds. The Morgan fingerprint density at radius 3 is 2.64 bits per heavy atom. The molecule has 2 unspecified atom stereocenters. The van der Waals surface area contributed by atoms with Crippen LogP contribution in [0.5, 0.6) is 0 Å². The molecule has 0 radical (unpaired) electrons. The van der Waals surface area contributed by atoms with Crippen molar-refractivity contribution in [1.29, 1.82) is 0 Å². The Labute approximate surface area is 91.2 Å². The average molecular weight is 215 g/mol. The zero-order chi connectivity index (χ0) is 9.80. The van der Waals surface area contributed by atoms with E-state index in [1.54, 1.807) is 0 Å². The van der Waals surface area contributed by atoms with Crippen LogP contribution < -0.4 is 5.32 Å². The summed E-state index contributed by atoms with van der Waals surface area (Å²) >= 11 is 2.09. The quantitative estimate of drug-likeness (QED) is 0.778. The molecular formula is C11H21NOS. The summed E-state index contributed by atoms with van der Waals surface area (Å²) in [6.07, 6.45) is 6.14. The summed E-state index contributed by atoms with van der Waals surface area (Å²) in [6.45, 7) is 3.25. The third kappa shape index (κ3) is 3.14. The van der Waals surface area contributed by atoms with E-state index in [0.29, 0.717) is 12.2 Å². The normalized spacial score (nSPS) is 34.9. The molecule has 82 valence electrons. The Balaban J connectivity index is 1.61. The van der Waals surface area contributed by atoms with Gasteiger partial charge in [0.1, 0.15) is 0 Å². The molecule has 3 heteroatoms. The standard InChI is InChI=1S/C11H21NOS/c1-9-2-3-11(13-9)8-12-10-4-6-14-7-5-10/h9-12H,2-8H2,1H3. The Morgan fingerprint density at radius 2 is 2.00 bits per heavy atom. The molecule has 2 aliphatic heterocycles. The maximum atomic E-state index is 5.78. The minimum atomic E-state index is 0.486. The zero-order valence-corrected chi connectivity index (χ0v) is 9.81. The first-order valence-corrected chi connectivity index (χ1v) is 6.96. The van der Waals surface area contributed by atoms with Gasteiger partial charge in [0.2, 0.25) is 0 Å². The predicted molar refractivity (Wildman–Crippen MR) is 61.9 cm³/mol. The molecule has 2 nitrogen and oxygen atoms in total. The highest BCUT2D eigenvalue weighted by Crippen LogP contribution is 2.20. The van der Waals surface area contributed by atoms with Crippen LogP contribution in [0.25, 0.3) is 0 Å². The molecule has 2 fully saturated rings. The highest BCUT2D eigenvalue weighted by molar-refractivity contribution is 7.99. The first-order chi connectivity index (χ1) is 6.84.